The van der Waals surface area contributed by atoms with Gasteiger partial charge in [0.25, 0.3) is 0 Å². The molecular weight excluding hydrogens is 398 g/mol. The average molecular weight is 434 g/mol. The van der Waals surface area contributed by atoms with Crippen molar-refractivity contribution in [3.63, 3.8) is 0 Å². The van der Waals surface area contributed by atoms with Crippen LogP contribution in [0.1, 0.15) is 62.1 Å². The molecule has 164 valence electrons. The van der Waals surface area contributed by atoms with Gasteiger partial charge in [-0.15, -0.1) is 0 Å². The van der Waals surface area contributed by atoms with E-state index in [1.807, 2.05) is 0 Å². The molecule has 0 unspecified atom stereocenters. The molecule has 0 bridgehead atoms. The summed E-state index contributed by atoms with van der Waals surface area (Å²) in [5.74, 6) is 0. The molecule has 0 aliphatic heterocycles. The fourth-order valence-electron chi connectivity index (χ4n) is 4.89. The Morgan fingerprint density at radius 1 is 1.06 bits per heavy atom. The summed E-state index contributed by atoms with van der Waals surface area (Å²) in [4.78, 5) is 2.48. The first kappa shape index (κ1) is 21.9. The van der Waals surface area contributed by atoms with Crippen molar-refractivity contribution in [1.29, 1.82) is 0 Å². The third kappa shape index (κ3) is 4.95. The standard InChI is InChI=1S/C27H35N3S/c1-4-29-18-22(24-13-9-10-14-26(24)29)19-30(23-11-7-5-6-8-12-23)27(31)28-25-17-20(2)15-16-21(25)3/h9-10,13-18,23H,4-8,11-12,19H2,1-3H3,(H,28,31). The van der Waals surface area contributed by atoms with E-state index in [-0.39, 0.29) is 0 Å². The van der Waals surface area contributed by atoms with Crippen molar-refractivity contribution in [2.45, 2.75) is 78.4 Å². The van der Waals surface area contributed by atoms with Crippen molar-refractivity contribution in [3.05, 3.63) is 65.4 Å². The summed E-state index contributed by atoms with van der Waals surface area (Å²) in [6, 6.07) is 15.8. The topological polar surface area (TPSA) is 20.2 Å². The number of para-hydroxylation sites is 1. The van der Waals surface area contributed by atoms with Crippen LogP contribution in [0.4, 0.5) is 5.69 Å². The highest BCUT2D eigenvalue weighted by Crippen LogP contribution is 2.28. The predicted molar refractivity (Wildman–Crippen MR) is 137 cm³/mol. The molecule has 0 atom stereocenters. The molecule has 1 fully saturated rings. The zero-order valence-electron chi connectivity index (χ0n) is 19.2. The Morgan fingerprint density at radius 2 is 1.81 bits per heavy atom. The van der Waals surface area contributed by atoms with Gasteiger partial charge in [0.1, 0.15) is 0 Å². The number of aromatic nitrogens is 1. The second-order valence-electron chi connectivity index (χ2n) is 8.98. The Labute approximate surface area is 192 Å². The number of hydrogen-bond acceptors (Lipinski definition) is 1. The Kier molecular flexibility index (Phi) is 6.96. The van der Waals surface area contributed by atoms with E-state index < -0.39 is 0 Å². The van der Waals surface area contributed by atoms with Gasteiger partial charge in [-0.25, -0.2) is 0 Å². The smallest absolute Gasteiger partial charge is 0.173 e. The maximum Gasteiger partial charge on any atom is 0.173 e. The average Bonchev–Trinajstić information content (AvgIpc) is 2.93. The van der Waals surface area contributed by atoms with Crippen LogP contribution in [0.2, 0.25) is 0 Å². The normalized spacial score (nSPS) is 15.1. The number of benzene rings is 2. The summed E-state index contributed by atoms with van der Waals surface area (Å²) in [7, 11) is 0. The first-order chi connectivity index (χ1) is 15.1. The van der Waals surface area contributed by atoms with Crippen LogP contribution in [-0.4, -0.2) is 20.6 Å². The van der Waals surface area contributed by atoms with E-state index in [4.69, 9.17) is 12.2 Å². The van der Waals surface area contributed by atoms with Crippen LogP contribution < -0.4 is 5.32 Å². The second kappa shape index (κ2) is 9.86. The van der Waals surface area contributed by atoms with Gasteiger partial charge in [-0.1, -0.05) is 56.0 Å². The minimum atomic E-state index is 0.497. The molecule has 3 aromatic rings. The maximum absolute atomic E-state index is 6.05. The van der Waals surface area contributed by atoms with Gasteiger partial charge in [0.15, 0.2) is 5.11 Å². The summed E-state index contributed by atoms with van der Waals surface area (Å²) in [5.41, 5.74) is 6.29. The molecule has 0 radical (unpaired) electrons. The highest BCUT2D eigenvalue weighted by Gasteiger charge is 2.24. The van der Waals surface area contributed by atoms with Crippen LogP contribution in [0.25, 0.3) is 10.9 Å². The zero-order chi connectivity index (χ0) is 21.8. The Morgan fingerprint density at radius 3 is 2.55 bits per heavy atom. The van der Waals surface area contributed by atoms with Gasteiger partial charge in [0, 0.05) is 41.9 Å². The van der Waals surface area contributed by atoms with Crippen molar-refractivity contribution in [2.24, 2.45) is 0 Å². The van der Waals surface area contributed by atoms with E-state index in [9.17, 15) is 0 Å². The summed E-state index contributed by atoms with van der Waals surface area (Å²) in [6.07, 6.45) is 10.1. The van der Waals surface area contributed by atoms with Gasteiger partial charge in [0.05, 0.1) is 0 Å². The van der Waals surface area contributed by atoms with Crippen molar-refractivity contribution in [1.82, 2.24) is 9.47 Å². The number of aryl methyl sites for hydroxylation is 3. The van der Waals surface area contributed by atoms with Crippen molar-refractivity contribution in [2.75, 3.05) is 5.32 Å². The Balaban J connectivity index is 1.66. The minimum absolute atomic E-state index is 0.497. The fourth-order valence-corrected chi connectivity index (χ4v) is 5.21. The first-order valence-electron chi connectivity index (χ1n) is 11.8. The molecule has 1 aliphatic carbocycles. The molecule has 0 saturated heterocycles. The van der Waals surface area contributed by atoms with Gasteiger partial charge in [-0.05, 0) is 74.7 Å². The molecule has 0 spiro atoms. The molecule has 4 rings (SSSR count). The highest BCUT2D eigenvalue weighted by atomic mass is 32.1. The lowest BCUT2D eigenvalue weighted by molar-refractivity contribution is 0.281. The zero-order valence-corrected chi connectivity index (χ0v) is 20.0. The van der Waals surface area contributed by atoms with Gasteiger partial charge in [-0.3, -0.25) is 0 Å². The number of hydrogen-bond donors (Lipinski definition) is 1. The molecule has 0 amide bonds. The van der Waals surface area contributed by atoms with Gasteiger partial charge < -0.3 is 14.8 Å². The van der Waals surface area contributed by atoms with E-state index in [2.05, 4.69) is 84.2 Å². The van der Waals surface area contributed by atoms with Crippen molar-refractivity contribution >= 4 is 33.9 Å². The SMILES string of the molecule is CCn1cc(CN(C(=S)Nc2cc(C)ccc2C)C2CCCCCC2)c2ccccc21. The van der Waals surface area contributed by atoms with Crippen LogP contribution in [0.5, 0.6) is 0 Å². The summed E-state index contributed by atoms with van der Waals surface area (Å²) >= 11 is 6.05. The maximum atomic E-state index is 6.05. The van der Waals surface area contributed by atoms with E-state index in [0.29, 0.717) is 6.04 Å². The van der Waals surface area contributed by atoms with Crippen LogP contribution in [-0.2, 0) is 13.1 Å². The van der Waals surface area contributed by atoms with E-state index in [1.54, 1.807) is 0 Å². The lowest BCUT2D eigenvalue weighted by Gasteiger charge is -2.34. The molecule has 2 aromatic carbocycles. The second-order valence-corrected chi connectivity index (χ2v) is 9.37. The summed E-state index contributed by atoms with van der Waals surface area (Å²) in [6.45, 7) is 8.33. The highest BCUT2D eigenvalue weighted by molar-refractivity contribution is 7.80. The van der Waals surface area contributed by atoms with Crippen molar-refractivity contribution in [3.8, 4) is 0 Å². The largest absolute Gasteiger partial charge is 0.347 e. The van der Waals surface area contributed by atoms with Crippen LogP contribution in [0, 0.1) is 13.8 Å². The molecule has 1 saturated carbocycles. The number of thiocarbonyl (C=S) groups is 1. The molecule has 1 heterocycles. The predicted octanol–water partition coefficient (Wildman–Crippen LogP) is 7.20. The number of fused-ring (bicyclic) bond motifs is 1. The van der Waals surface area contributed by atoms with Gasteiger partial charge >= 0.3 is 0 Å². The summed E-state index contributed by atoms with van der Waals surface area (Å²) < 4.78 is 2.36. The first-order valence-corrected chi connectivity index (χ1v) is 12.2. The lowest BCUT2D eigenvalue weighted by atomic mass is 10.1. The van der Waals surface area contributed by atoms with E-state index >= 15 is 0 Å². The Hall–Kier alpha value is -2.33. The van der Waals surface area contributed by atoms with E-state index in [1.165, 1.54) is 66.1 Å². The lowest BCUT2D eigenvalue weighted by Crippen LogP contribution is -2.42. The number of nitrogens with one attached hydrogen (secondary N) is 1. The molecular formula is C27H35N3S. The monoisotopic (exact) mass is 433 g/mol. The molecule has 31 heavy (non-hydrogen) atoms. The summed E-state index contributed by atoms with van der Waals surface area (Å²) in [5, 5.41) is 5.81. The molecule has 4 heteroatoms. The van der Waals surface area contributed by atoms with E-state index in [0.717, 1.165) is 23.9 Å². The van der Waals surface area contributed by atoms with Crippen molar-refractivity contribution < 1.29 is 0 Å². The molecule has 1 aromatic heterocycles. The van der Waals surface area contributed by atoms with Crippen LogP contribution in [0.15, 0.2) is 48.7 Å². The number of rotatable bonds is 5. The molecule has 1 N–H and O–H groups in total. The van der Waals surface area contributed by atoms with Gasteiger partial charge in [-0.2, -0.15) is 0 Å². The minimum Gasteiger partial charge on any atom is -0.347 e. The van der Waals surface area contributed by atoms with Crippen LogP contribution in [0.3, 0.4) is 0 Å². The Bertz CT molecular complexity index is 1040. The molecule has 3 nitrogen and oxygen atoms in total. The fraction of sp³-hybridized carbons (Fsp3) is 0.444. The van der Waals surface area contributed by atoms with Gasteiger partial charge in [0.2, 0.25) is 0 Å². The molecule has 1 aliphatic rings. The number of anilines is 1. The third-order valence-electron chi connectivity index (χ3n) is 6.71. The number of nitrogens with zero attached hydrogens (tertiary/aromatic N) is 2. The quantitative estimate of drug-likeness (QED) is 0.339. The third-order valence-corrected chi connectivity index (χ3v) is 7.05. The van der Waals surface area contributed by atoms with Crippen LogP contribution >= 0.6 is 12.2 Å².